The molecule has 1 aromatic rings. The van der Waals surface area contributed by atoms with Gasteiger partial charge in [0, 0.05) is 11.4 Å². The molecule has 4 fully saturated rings. The van der Waals surface area contributed by atoms with Gasteiger partial charge in [-0.25, -0.2) is 4.89 Å². The molecule has 4 saturated carbocycles. The van der Waals surface area contributed by atoms with Gasteiger partial charge in [0.2, 0.25) is 0 Å². The molecule has 4 aliphatic rings. The zero-order valence-electron chi connectivity index (χ0n) is 24.9. The molecule has 0 amide bonds. The van der Waals surface area contributed by atoms with E-state index in [0.717, 1.165) is 59.8 Å². The molecular weight excluding hydrogens is 468 g/mol. The number of nitrogen functional groups attached to an aromatic ring is 2. The topological polar surface area (TPSA) is 81.5 Å². The maximum atomic E-state index is 10.1. The molecule has 0 saturated heterocycles. The summed E-state index contributed by atoms with van der Waals surface area (Å²) in [6.07, 6.45) is 15.9. The summed E-state index contributed by atoms with van der Waals surface area (Å²) >= 11 is 0. The van der Waals surface area contributed by atoms with Gasteiger partial charge in [-0.3, -0.25) is 5.26 Å². The number of anilines is 2. The van der Waals surface area contributed by atoms with E-state index >= 15 is 0 Å². The summed E-state index contributed by atoms with van der Waals surface area (Å²) in [5, 5.41) is 10.1. The third kappa shape index (κ3) is 5.02. The highest BCUT2D eigenvalue weighted by molar-refractivity contribution is 5.54. The molecule has 0 heterocycles. The Morgan fingerprint density at radius 2 is 1.55 bits per heavy atom. The molecular formula is C34H56N2O2. The van der Waals surface area contributed by atoms with Crippen molar-refractivity contribution in [3.63, 3.8) is 0 Å². The van der Waals surface area contributed by atoms with Crippen LogP contribution in [0.5, 0.6) is 0 Å². The zero-order valence-corrected chi connectivity index (χ0v) is 24.9. The quantitative estimate of drug-likeness (QED) is 0.180. The molecule has 214 valence electrons. The van der Waals surface area contributed by atoms with Crippen LogP contribution in [0.2, 0.25) is 0 Å². The van der Waals surface area contributed by atoms with Crippen LogP contribution in [0.3, 0.4) is 0 Å². The van der Waals surface area contributed by atoms with Crippen molar-refractivity contribution in [1.29, 1.82) is 0 Å². The van der Waals surface area contributed by atoms with Gasteiger partial charge < -0.3 is 11.5 Å². The second kappa shape index (κ2) is 11.0. The van der Waals surface area contributed by atoms with Crippen LogP contribution in [0.25, 0.3) is 0 Å². The van der Waals surface area contributed by atoms with Gasteiger partial charge in [0.25, 0.3) is 0 Å². The largest absolute Gasteiger partial charge is 0.399 e. The number of rotatable bonds is 8. The molecule has 0 bridgehead atoms. The van der Waals surface area contributed by atoms with Crippen LogP contribution in [0.4, 0.5) is 11.4 Å². The van der Waals surface area contributed by atoms with E-state index in [1.165, 1.54) is 64.2 Å². The van der Waals surface area contributed by atoms with E-state index in [2.05, 4.69) is 34.6 Å². The summed E-state index contributed by atoms with van der Waals surface area (Å²) in [6.45, 7) is 12.6. The van der Waals surface area contributed by atoms with Crippen LogP contribution in [0, 0.1) is 58.2 Å². The smallest absolute Gasteiger partial charge is 0.121 e. The predicted octanol–water partition coefficient (Wildman–Crippen LogP) is 9.12. The average molecular weight is 525 g/mol. The van der Waals surface area contributed by atoms with Gasteiger partial charge in [0.15, 0.2) is 0 Å². The second-order valence-electron chi connectivity index (χ2n) is 15.2. The Kier molecular flexibility index (Phi) is 8.15. The summed E-state index contributed by atoms with van der Waals surface area (Å²) in [4.78, 5) is 5.21. The minimum Gasteiger partial charge on any atom is -0.399 e. The van der Waals surface area contributed by atoms with Gasteiger partial charge in [0.05, 0.1) is 0 Å². The van der Waals surface area contributed by atoms with Gasteiger partial charge in [-0.05, 0) is 140 Å². The Morgan fingerprint density at radius 3 is 2.24 bits per heavy atom. The molecule has 4 nitrogen and oxygen atoms in total. The molecule has 0 aromatic heterocycles. The lowest BCUT2D eigenvalue weighted by Crippen LogP contribution is -2.54. The number of benzene rings is 1. The molecule has 4 aliphatic carbocycles. The first-order valence-electron chi connectivity index (χ1n) is 16.0. The highest BCUT2D eigenvalue weighted by Gasteiger charge is 2.61. The number of hydrogen-bond acceptors (Lipinski definition) is 4. The minimum atomic E-state index is -0.352. The Morgan fingerprint density at radius 1 is 0.868 bits per heavy atom. The van der Waals surface area contributed by atoms with Crippen molar-refractivity contribution < 1.29 is 10.1 Å². The first kappa shape index (κ1) is 28.3. The SMILES string of the molecule is CC(C)CCCC(C)C1CCC2C3CCC4CCC(C(OO)c5cc(N)cc(N)c5)CC4(C)C3CCC12C. The monoisotopic (exact) mass is 524 g/mol. The lowest BCUT2D eigenvalue weighted by molar-refractivity contribution is -0.300. The van der Waals surface area contributed by atoms with Crippen molar-refractivity contribution in [2.24, 2.45) is 58.2 Å². The molecule has 38 heavy (non-hydrogen) atoms. The molecule has 0 aliphatic heterocycles. The Hall–Kier alpha value is -1.26. The molecule has 4 heteroatoms. The zero-order chi connectivity index (χ0) is 27.2. The predicted molar refractivity (Wildman–Crippen MR) is 158 cm³/mol. The first-order chi connectivity index (χ1) is 18.1. The highest BCUT2D eigenvalue weighted by atomic mass is 17.1. The summed E-state index contributed by atoms with van der Waals surface area (Å²) < 4.78 is 0. The van der Waals surface area contributed by atoms with Crippen LogP contribution in [-0.4, -0.2) is 5.26 Å². The Labute approximate surface area is 232 Å². The average Bonchev–Trinajstić information content (AvgIpc) is 3.20. The van der Waals surface area contributed by atoms with Crippen molar-refractivity contribution in [2.45, 2.75) is 118 Å². The maximum absolute atomic E-state index is 10.1. The van der Waals surface area contributed by atoms with Gasteiger partial charge in [-0.15, -0.1) is 0 Å². The normalized spacial score (nSPS) is 40.3. The maximum Gasteiger partial charge on any atom is 0.121 e. The van der Waals surface area contributed by atoms with Gasteiger partial charge in [-0.2, -0.15) is 0 Å². The summed E-state index contributed by atoms with van der Waals surface area (Å²) in [5.41, 5.74) is 15.3. The van der Waals surface area contributed by atoms with E-state index in [4.69, 9.17) is 16.4 Å². The number of fused-ring (bicyclic) bond motifs is 5. The molecule has 0 radical (unpaired) electrons. The van der Waals surface area contributed by atoms with E-state index in [1.54, 1.807) is 6.07 Å². The fraction of sp³-hybridized carbons (Fsp3) is 0.824. The fourth-order valence-electron chi connectivity index (χ4n) is 11.0. The van der Waals surface area contributed by atoms with E-state index in [1.807, 2.05) is 12.1 Å². The minimum absolute atomic E-state index is 0.298. The molecule has 0 spiro atoms. The van der Waals surface area contributed by atoms with Gasteiger partial charge in [-0.1, -0.05) is 53.9 Å². The van der Waals surface area contributed by atoms with Crippen LogP contribution < -0.4 is 11.5 Å². The second-order valence-corrected chi connectivity index (χ2v) is 15.2. The molecule has 10 unspecified atom stereocenters. The molecule has 1 aromatic carbocycles. The lowest BCUT2D eigenvalue weighted by atomic mass is 9.43. The van der Waals surface area contributed by atoms with Crippen molar-refractivity contribution in [1.82, 2.24) is 0 Å². The third-order valence-corrected chi connectivity index (χ3v) is 12.7. The first-order valence-corrected chi connectivity index (χ1v) is 16.0. The van der Waals surface area contributed by atoms with Crippen molar-refractivity contribution in [3.05, 3.63) is 23.8 Å². The van der Waals surface area contributed by atoms with E-state index in [9.17, 15) is 5.26 Å². The fourth-order valence-corrected chi connectivity index (χ4v) is 11.0. The Balaban J connectivity index is 1.32. The summed E-state index contributed by atoms with van der Waals surface area (Å²) in [7, 11) is 0. The molecule has 5 rings (SSSR count). The van der Waals surface area contributed by atoms with Crippen molar-refractivity contribution >= 4 is 11.4 Å². The van der Waals surface area contributed by atoms with E-state index in [0.29, 0.717) is 28.1 Å². The standard InChI is InChI=1S/C34H56N2O2/c1-21(2)7-6-8-22(3)29-13-14-30-28-12-11-25-10-9-23(20-34(25,5)31(28)15-16-33(29,30)4)32(38-37)24-17-26(35)19-27(36)18-24/h17-19,21-23,25,28-32,37H,6-16,20,35-36H2,1-5H3. The molecule has 10 atom stereocenters. The number of hydrogen-bond donors (Lipinski definition) is 3. The van der Waals surface area contributed by atoms with Crippen LogP contribution >= 0.6 is 0 Å². The highest BCUT2D eigenvalue weighted by Crippen LogP contribution is 2.69. The van der Waals surface area contributed by atoms with Gasteiger partial charge >= 0.3 is 0 Å². The van der Waals surface area contributed by atoms with Gasteiger partial charge in [0.1, 0.15) is 6.10 Å². The van der Waals surface area contributed by atoms with E-state index in [-0.39, 0.29) is 6.10 Å². The summed E-state index contributed by atoms with van der Waals surface area (Å²) in [5.74, 6) is 6.28. The van der Waals surface area contributed by atoms with E-state index < -0.39 is 0 Å². The van der Waals surface area contributed by atoms with Crippen LogP contribution in [0.15, 0.2) is 18.2 Å². The molecule has 5 N–H and O–H groups in total. The summed E-state index contributed by atoms with van der Waals surface area (Å²) in [6, 6.07) is 5.64. The lowest BCUT2D eigenvalue weighted by Gasteiger charge is -2.62. The van der Waals surface area contributed by atoms with Crippen LogP contribution in [0.1, 0.15) is 123 Å². The van der Waals surface area contributed by atoms with Crippen LogP contribution in [-0.2, 0) is 4.89 Å². The third-order valence-electron chi connectivity index (χ3n) is 12.7. The van der Waals surface area contributed by atoms with Crippen molar-refractivity contribution in [3.8, 4) is 0 Å². The number of nitrogens with two attached hydrogens (primary N) is 2. The Bertz CT molecular complexity index is 944. The van der Waals surface area contributed by atoms with Crippen molar-refractivity contribution in [2.75, 3.05) is 11.5 Å².